The topological polar surface area (TPSA) is 20.2 Å². The summed E-state index contributed by atoms with van der Waals surface area (Å²) < 4.78 is 0. The molecule has 1 aliphatic carbocycles. The Morgan fingerprint density at radius 1 is 1.36 bits per heavy atom. The van der Waals surface area contributed by atoms with Gasteiger partial charge >= 0.3 is 0 Å². The highest BCUT2D eigenvalue weighted by Gasteiger charge is 2.14. The molecule has 1 unspecified atom stereocenters. The van der Waals surface area contributed by atoms with Gasteiger partial charge in [-0.25, -0.2) is 0 Å². The third-order valence-corrected chi connectivity index (χ3v) is 2.91. The van der Waals surface area contributed by atoms with Gasteiger partial charge < -0.3 is 5.11 Å². The summed E-state index contributed by atoms with van der Waals surface area (Å²) in [5, 5.41) is 9.83. The number of aliphatic hydroxyl groups excluding tert-OH is 1. The third kappa shape index (κ3) is 1.60. The molecule has 1 heteroatoms. The van der Waals surface area contributed by atoms with Crippen molar-refractivity contribution in [3.63, 3.8) is 0 Å². The summed E-state index contributed by atoms with van der Waals surface area (Å²) in [5.74, 6) is 0. The van der Waals surface area contributed by atoms with Crippen molar-refractivity contribution >= 4 is 0 Å². The fraction of sp³-hybridized carbons (Fsp3) is 0.385. The highest BCUT2D eigenvalue weighted by atomic mass is 16.3. The van der Waals surface area contributed by atoms with Crippen molar-refractivity contribution in [1.82, 2.24) is 0 Å². The van der Waals surface area contributed by atoms with Gasteiger partial charge in [0.2, 0.25) is 0 Å². The molecule has 0 spiro atoms. The van der Waals surface area contributed by atoms with Crippen LogP contribution in [0, 0.1) is 0 Å². The van der Waals surface area contributed by atoms with E-state index in [0.717, 1.165) is 17.6 Å². The molecule has 1 atom stereocenters. The fourth-order valence-electron chi connectivity index (χ4n) is 2.05. The maximum absolute atomic E-state index is 9.83. The van der Waals surface area contributed by atoms with Crippen molar-refractivity contribution in [2.24, 2.45) is 0 Å². The molecule has 1 nitrogen and oxygen atoms in total. The van der Waals surface area contributed by atoms with E-state index in [4.69, 9.17) is 0 Å². The molecule has 1 aliphatic rings. The predicted molar refractivity (Wildman–Crippen MR) is 58.2 cm³/mol. The van der Waals surface area contributed by atoms with Crippen molar-refractivity contribution in [3.8, 4) is 0 Å². The number of hydrogen-bond acceptors (Lipinski definition) is 1. The van der Waals surface area contributed by atoms with Gasteiger partial charge in [0, 0.05) is 0 Å². The molecule has 0 saturated carbocycles. The zero-order valence-corrected chi connectivity index (χ0v) is 8.59. The summed E-state index contributed by atoms with van der Waals surface area (Å²) in [6, 6.07) is 6.29. The van der Waals surface area contributed by atoms with E-state index in [1.807, 2.05) is 13.0 Å². The first-order valence-corrected chi connectivity index (χ1v) is 5.13. The van der Waals surface area contributed by atoms with Crippen LogP contribution < -0.4 is 0 Å². The van der Waals surface area contributed by atoms with Gasteiger partial charge in [0.15, 0.2) is 0 Å². The van der Waals surface area contributed by atoms with Crippen molar-refractivity contribution in [1.29, 1.82) is 0 Å². The summed E-state index contributed by atoms with van der Waals surface area (Å²) >= 11 is 0. The average molecular weight is 188 g/mol. The molecule has 1 N–H and O–H groups in total. The van der Waals surface area contributed by atoms with Crippen molar-refractivity contribution in [3.05, 3.63) is 47.0 Å². The Labute approximate surface area is 85.1 Å². The molecule has 0 fully saturated rings. The van der Waals surface area contributed by atoms with E-state index in [2.05, 4.69) is 18.7 Å². The number of rotatable bonds is 2. The Morgan fingerprint density at radius 2 is 2.07 bits per heavy atom. The van der Waals surface area contributed by atoms with Crippen LogP contribution >= 0.6 is 0 Å². The second-order valence-corrected chi connectivity index (χ2v) is 4.13. The quantitative estimate of drug-likeness (QED) is 0.707. The largest absolute Gasteiger partial charge is 0.384 e. The number of fused-ring (bicyclic) bond motifs is 1. The third-order valence-electron chi connectivity index (χ3n) is 2.91. The van der Waals surface area contributed by atoms with E-state index < -0.39 is 6.10 Å². The second kappa shape index (κ2) is 3.58. The maximum atomic E-state index is 9.83. The molecular weight excluding hydrogens is 172 g/mol. The minimum Gasteiger partial charge on any atom is -0.384 e. The zero-order chi connectivity index (χ0) is 10.1. The first-order valence-electron chi connectivity index (χ1n) is 5.13. The van der Waals surface area contributed by atoms with Crippen molar-refractivity contribution < 1.29 is 5.11 Å². The van der Waals surface area contributed by atoms with Gasteiger partial charge in [-0.3, -0.25) is 0 Å². The molecule has 1 aromatic rings. The SMILES string of the molecule is C=C(C)C(O)c1ccc2c(c1)CCC2. The van der Waals surface area contributed by atoms with E-state index in [1.54, 1.807) is 0 Å². The van der Waals surface area contributed by atoms with Crippen LogP contribution in [-0.4, -0.2) is 5.11 Å². The Bertz CT molecular complexity index is 365. The normalized spacial score (nSPS) is 16.4. The lowest BCUT2D eigenvalue weighted by Gasteiger charge is -2.12. The molecule has 0 saturated heterocycles. The monoisotopic (exact) mass is 188 g/mol. The second-order valence-electron chi connectivity index (χ2n) is 4.13. The van der Waals surface area contributed by atoms with Gasteiger partial charge in [0.1, 0.15) is 0 Å². The average Bonchev–Trinajstić information content (AvgIpc) is 2.62. The molecule has 2 rings (SSSR count). The van der Waals surface area contributed by atoms with Crippen molar-refractivity contribution in [2.45, 2.75) is 32.3 Å². The summed E-state index contributed by atoms with van der Waals surface area (Å²) in [5.41, 5.74) is 4.64. The molecule has 0 amide bonds. The Morgan fingerprint density at radius 3 is 2.79 bits per heavy atom. The smallest absolute Gasteiger partial charge is 0.0995 e. The highest BCUT2D eigenvalue weighted by molar-refractivity contribution is 5.37. The minimum absolute atomic E-state index is 0.499. The van der Waals surface area contributed by atoms with Crippen LogP contribution in [0.1, 0.15) is 36.1 Å². The van der Waals surface area contributed by atoms with Crippen LogP contribution in [0.15, 0.2) is 30.4 Å². The van der Waals surface area contributed by atoms with E-state index in [-0.39, 0.29) is 0 Å². The first-order chi connectivity index (χ1) is 6.68. The van der Waals surface area contributed by atoms with Gasteiger partial charge in [-0.05, 0) is 48.4 Å². The van der Waals surface area contributed by atoms with Gasteiger partial charge in [-0.2, -0.15) is 0 Å². The standard InChI is InChI=1S/C13H16O/c1-9(2)13(14)12-7-6-10-4-3-5-11(10)8-12/h6-8,13-14H,1,3-5H2,2H3. The number of benzene rings is 1. The van der Waals surface area contributed by atoms with Gasteiger partial charge in [0.25, 0.3) is 0 Å². The molecule has 0 aromatic heterocycles. The van der Waals surface area contributed by atoms with E-state index in [0.29, 0.717) is 0 Å². The molecule has 0 radical (unpaired) electrons. The molecular formula is C13H16O. The van der Waals surface area contributed by atoms with Gasteiger partial charge in [0.05, 0.1) is 6.10 Å². The van der Waals surface area contributed by atoms with Crippen LogP contribution in [0.2, 0.25) is 0 Å². The van der Waals surface area contributed by atoms with Crippen LogP contribution in [0.5, 0.6) is 0 Å². The molecule has 0 aliphatic heterocycles. The highest BCUT2D eigenvalue weighted by Crippen LogP contribution is 2.27. The summed E-state index contributed by atoms with van der Waals surface area (Å²) in [4.78, 5) is 0. The Hall–Kier alpha value is -1.08. The van der Waals surface area contributed by atoms with Gasteiger partial charge in [-0.1, -0.05) is 24.8 Å². The molecule has 14 heavy (non-hydrogen) atoms. The predicted octanol–water partition coefficient (Wildman–Crippen LogP) is 2.78. The molecule has 0 bridgehead atoms. The van der Waals surface area contributed by atoms with E-state index >= 15 is 0 Å². The first kappa shape index (κ1) is 9.47. The Balaban J connectivity index is 2.33. The molecule has 74 valence electrons. The zero-order valence-electron chi connectivity index (χ0n) is 8.59. The van der Waals surface area contributed by atoms with Gasteiger partial charge in [-0.15, -0.1) is 0 Å². The van der Waals surface area contributed by atoms with Crippen LogP contribution in [0.25, 0.3) is 0 Å². The lowest BCUT2D eigenvalue weighted by Crippen LogP contribution is -1.99. The lowest BCUT2D eigenvalue weighted by atomic mass is 9.99. The van der Waals surface area contributed by atoms with Crippen LogP contribution in [0.4, 0.5) is 0 Å². The summed E-state index contributed by atoms with van der Waals surface area (Å²) in [6.07, 6.45) is 3.10. The van der Waals surface area contributed by atoms with E-state index in [1.165, 1.54) is 24.0 Å². The fourth-order valence-corrected chi connectivity index (χ4v) is 2.05. The summed E-state index contributed by atoms with van der Waals surface area (Å²) in [6.45, 7) is 5.63. The van der Waals surface area contributed by atoms with Crippen LogP contribution in [-0.2, 0) is 12.8 Å². The Kier molecular flexibility index (Phi) is 2.42. The number of aryl methyl sites for hydroxylation is 2. The number of hydrogen-bond donors (Lipinski definition) is 1. The number of aliphatic hydroxyl groups is 1. The van der Waals surface area contributed by atoms with Crippen molar-refractivity contribution in [2.75, 3.05) is 0 Å². The lowest BCUT2D eigenvalue weighted by molar-refractivity contribution is 0.216. The maximum Gasteiger partial charge on any atom is 0.0995 e. The molecule has 0 heterocycles. The van der Waals surface area contributed by atoms with E-state index in [9.17, 15) is 5.11 Å². The molecule has 1 aromatic carbocycles. The van der Waals surface area contributed by atoms with Crippen LogP contribution in [0.3, 0.4) is 0 Å². The summed E-state index contributed by atoms with van der Waals surface area (Å²) in [7, 11) is 0. The minimum atomic E-state index is -0.499.